The number of alkyl halides is 4. The second-order valence-electron chi connectivity index (χ2n) is 1.86. The first kappa shape index (κ1) is 11.9. The maximum Gasteiger partial charge on any atom is 0.0408 e. The Labute approximate surface area is 111 Å². The van der Waals surface area contributed by atoms with Gasteiger partial charge in [-0.15, -0.1) is 0 Å². The van der Waals surface area contributed by atoms with E-state index in [-0.39, 0.29) is 0 Å². The first-order chi connectivity index (χ1) is 4.18. The van der Waals surface area contributed by atoms with E-state index in [9.17, 15) is 0 Å². The fraction of sp³-hybridized carbons (Fsp3) is 1.00. The summed E-state index contributed by atoms with van der Waals surface area (Å²) in [6.45, 7) is 0. The number of halogens is 4. The van der Waals surface area contributed by atoms with Gasteiger partial charge in [0.1, 0.15) is 0 Å². The molecule has 0 heterocycles. The van der Waals surface area contributed by atoms with Crippen molar-refractivity contribution in [3.63, 3.8) is 0 Å². The Hall–Kier alpha value is 2.92. The minimum absolute atomic E-state index is 0.570. The maximum absolute atomic E-state index is 2.58. The Morgan fingerprint density at radius 3 is 1.56 bits per heavy atom. The molecular weight excluding hydrogens is 568 g/mol. The summed E-state index contributed by atoms with van der Waals surface area (Å²) in [5.74, 6) is 0. The quantitative estimate of drug-likeness (QED) is 0.353. The van der Waals surface area contributed by atoms with Crippen LogP contribution in [0, 0.1) is 0 Å². The van der Waals surface area contributed by atoms with Gasteiger partial charge in [0, 0.05) is 16.7 Å². The van der Waals surface area contributed by atoms with Gasteiger partial charge in [-0.25, -0.2) is 0 Å². The predicted molar refractivity (Wildman–Crippen MR) is 78.0 cm³/mol. The molecule has 0 N–H and O–H groups in total. The van der Waals surface area contributed by atoms with Crippen LogP contribution in [0.2, 0.25) is 0 Å². The second-order valence-corrected chi connectivity index (χ2v) is 6.75. The van der Waals surface area contributed by atoms with Gasteiger partial charge < -0.3 is 0 Å². The van der Waals surface area contributed by atoms with Crippen molar-refractivity contribution in [2.75, 3.05) is 13.3 Å². The molecule has 0 spiro atoms. The van der Waals surface area contributed by atoms with Gasteiger partial charge >= 0.3 is 0 Å². The van der Waals surface area contributed by atoms with Crippen LogP contribution in [0.4, 0.5) is 0 Å². The van der Waals surface area contributed by atoms with E-state index in [1.54, 1.807) is 0 Å². The van der Waals surface area contributed by atoms with Crippen molar-refractivity contribution in [3.8, 4) is 0 Å². The van der Waals surface area contributed by atoms with Gasteiger partial charge in [-0.3, -0.25) is 0 Å². The van der Waals surface area contributed by atoms with Gasteiger partial charge in [0.15, 0.2) is 0 Å². The lowest BCUT2D eigenvalue weighted by Gasteiger charge is -2.20. The minimum atomic E-state index is 0.570. The maximum atomic E-state index is 2.58. The highest BCUT2D eigenvalue weighted by atomic mass is 127. The lowest BCUT2D eigenvalue weighted by Crippen LogP contribution is -2.24. The van der Waals surface area contributed by atoms with Crippen LogP contribution in [0.25, 0.3) is 0 Å². The lowest BCUT2D eigenvalue weighted by molar-refractivity contribution is 0.775. The smallest absolute Gasteiger partial charge is 0.0408 e. The zero-order chi connectivity index (χ0) is 7.33. The summed E-state index contributed by atoms with van der Waals surface area (Å²) in [5, 5.41) is 0. The van der Waals surface area contributed by atoms with E-state index >= 15 is 0 Å². The van der Waals surface area contributed by atoms with E-state index in [2.05, 4.69) is 90.4 Å². The molecule has 0 aliphatic heterocycles. The first-order valence-corrected chi connectivity index (χ1v) is 8.21. The molecule has 9 heavy (non-hydrogen) atoms. The third-order valence-electron chi connectivity index (χ3n) is 1.02. The zero-order valence-electron chi connectivity index (χ0n) is 4.84. The van der Waals surface area contributed by atoms with Crippen LogP contribution in [-0.4, -0.2) is 16.7 Å². The van der Waals surface area contributed by atoms with Crippen LogP contribution < -0.4 is 0 Å². The fourth-order valence-corrected chi connectivity index (χ4v) is 5.01. The third kappa shape index (κ3) is 5.21. The van der Waals surface area contributed by atoms with E-state index in [0.29, 0.717) is 3.42 Å². The van der Waals surface area contributed by atoms with Crippen molar-refractivity contribution in [1.82, 2.24) is 0 Å². The normalized spacial score (nSPS) is 12.0. The molecule has 0 fully saturated rings. The van der Waals surface area contributed by atoms with Crippen molar-refractivity contribution in [2.24, 2.45) is 0 Å². The summed E-state index contributed by atoms with van der Waals surface area (Å²) in [4.78, 5) is 0. The molecule has 56 valence electrons. The summed E-state index contributed by atoms with van der Waals surface area (Å²) >= 11 is 9.98. The van der Waals surface area contributed by atoms with Gasteiger partial charge in [-0.05, 0) is 6.42 Å². The number of hydrogen-bond acceptors (Lipinski definition) is 0. The molecule has 0 amide bonds. The molecule has 0 aliphatic carbocycles. The molecule has 0 bridgehead atoms. The Morgan fingerprint density at radius 1 is 1.00 bits per heavy atom. The standard InChI is InChI=1S/C5H8I4/c6-2-1-5(9,3-7)4-8/h1-4H2. The van der Waals surface area contributed by atoms with Gasteiger partial charge in [-0.1, -0.05) is 90.4 Å². The minimum Gasteiger partial charge on any atom is -0.0863 e. The Morgan fingerprint density at radius 2 is 1.44 bits per heavy atom. The van der Waals surface area contributed by atoms with E-state index in [4.69, 9.17) is 0 Å². The SMILES string of the molecule is ICCC(I)(CI)CI. The van der Waals surface area contributed by atoms with E-state index in [1.165, 1.54) is 19.7 Å². The molecule has 0 aromatic heterocycles. The summed E-state index contributed by atoms with van der Waals surface area (Å²) in [7, 11) is 0. The van der Waals surface area contributed by atoms with Crippen LogP contribution in [0.3, 0.4) is 0 Å². The number of rotatable bonds is 4. The molecule has 0 radical (unpaired) electrons. The molecule has 0 saturated carbocycles. The highest BCUT2D eigenvalue weighted by Gasteiger charge is 2.21. The van der Waals surface area contributed by atoms with Crippen molar-refractivity contribution < 1.29 is 0 Å². The van der Waals surface area contributed by atoms with E-state index in [0.717, 1.165) is 0 Å². The van der Waals surface area contributed by atoms with Crippen molar-refractivity contribution in [3.05, 3.63) is 0 Å². The Balaban J connectivity index is 3.62. The lowest BCUT2D eigenvalue weighted by atomic mass is 10.2. The molecule has 4 heteroatoms. The highest BCUT2D eigenvalue weighted by Crippen LogP contribution is 2.29. The van der Waals surface area contributed by atoms with E-state index in [1.807, 2.05) is 0 Å². The third-order valence-corrected chi connectivity index (χ3v) is 8.70. The van der Waals surface area contributed by atoms with Crippen molar-refractivity contribution in [2.45, 2.75) is 9.84 Å². The zero-order valence-corrected chi connectivity index (χ0v) is 13.5. The second kappa shape index (κ2) is 6.44. The predicted octanol–water partition coefficient (Wildman–Crippen LogP) is 3.86. The van der Waals surface area contributed by atoms with Crippen LogP contribution in [-0.2, 0) is 0 Å². The van der Waals surface area contributed by atoms with Crippen LogP contribution >= 0.6 is 90.4 Å². The van der Waals surface area contributed by atoms with Gasteiger partial charge in [0.2, 0.25) is 0 Å². The van der Waals surface area contributed by atoms with Gasteiger partial charge in [0.05, 0.1) is 0 Å². The monoisotopic (exact) mass is 576 g/mol. The molecule has 0 rings (SSSR count). The molecule has 0 atom stereocenters. The Kier molecular flexibility index (Phi) is 8.53. The van der Waals surface area contributed by atoms with Crippen molar-refractivity contribution in [1.29, 1.82) is 0 Å². The molecule has 0 aromatic carbocycles. The Bertz CT molecular complexity index is 69.4. The summed E-state index contributed by atoms with van der Waals surface area (Å²) in [6, 6.07) is 0. The molecule has 0 unspecified atom stereocenters. The van der Waals surface area contributed by atoms with Gasteiger partial charge in [-0.2, -0.15) is 0 Å². The van der Waals surface area contributed by atoms with Crippen LogP contribution in [0.15, 0.2) is 0 Å². The first-order valence-electron chi connectivity index (χ1n) is 2.55. The van der Waals surface area contributed by atoms with Crippen molar-refractivity contribution >= 4 is 90.4 Å². The van der Waals surface area contributed by atoms with Gasteiger partial charge in [0.25, 0.3) is 0 Å². The van der Waals surface area contributed by atoms with E-state index < -0.39 is 0 Å². The topological polar surface area (TPSA) is 0 Å². The molecule has 0 aromatic rings. The van der Waals surface area contributed by atoms with Crippen LogP contribution in [0.1, 0.15) is 6.42 Å². The largest absolute Gasteiger partial charge is 0.0863 e. The average Bonchev–Trinajstić information content (AvgIpc) is 1.89. The molecule has 0 aliphatic rings. The summed E-state index contributed by atoms with van der Waals surface area (Å²) < 4.78 is 4.40. The highest BCUT2D eigenvalue weighted by molar-refractivity contribution is 14.1. The summed E-state index contributed by atoms with van der Waals surface area (Å²) in [5.41, 5.74) is 0. The fourth-order valence-electron chi connectivity index (χ4n) is 0.339. The molecule has 0 nitrogen and oxygen atoms in total. The van der Waals surface area contributed by atoms with Crippen LogP contribution in [0.5, 0.6) is 0 Å². The average molecular weight is 576 g/mol. The summed E-state index contributed by atoms with van der Waals surface area (Å²) in [6.07, 6.45) is 1.35. The molecular formula is C5H8I4. The molecule has 0 saturated heterocycles. The number of hydrogen-bond donors (Lipinski definition) is 0.